The largest absolute Gasteiger partial charge is 0.463 e. The van der Waals surface area contributed by atoms with E-state index in [1.54, 1.807) is 0 Å². The van der Waals surface area contributed by atoms with E-state index in [2.05, 4.69) is 56.4 Å². The van der Waals surface area contributed by atoms with Gasteiger partial charge in [0.2, 0.25) is 9.23 Å². The molecule has 7 nitrogen and oxygen atoms in total. The number of halogens is 3. The smallest absolute Gasteiger partial charge is 0.324 e. The van der Waals surface area contributed by atoms with E-state index >= 15 is 0 Å². The van der Waals surface area contributed by atoms with Crippen molar-refractivity contribution in [1.29, 1.82) is 0 Å². The molecule has 0 spiro atoms. The number of ether oxygens (including phenoxy) is 1. The van der Waals surface area contributed by atoms with E-state index in [-0.39, 0.29) is 30.5 Å². The Labute approximate surface area is 239 Å². The van der Waals surface area contributed by atoms with Crippen LogP contribution in [-0.2, 0) is 31.6 Å². The molecule has 0 unspecified atom stereocenters. The van der Waals surface area contributed by atoms with Crippen LogP contribution >= 0.6 is 33.8 Å². The highest BCUT2D eigenvalue weighted by molar-refractivity contribution is 8.26. The van der Waals surface area contributed by atoms with Crippen molar-refractivity contribution in [2.45, 2.75) is 77.4 Å². The first kappa shape index (κ1) is 32.2. The number of rotatable bonds is 6. The number of carbonyl (C=O) groups excluding carboxylic acids is 2. The van der Waals surface area contributed by atoms with Crippen LogP contribution in [0.15, 0.2) is 18.2 Å². The Morgan fingerprint density at radius 3 is 2.30 bits per heavy atom. The molecule has 2 heterocycles. The van der Waals surface area contributed by atoms with Crippen LogP contribution in [0.1, 0.15) is 63.5 Å². The van der Waals surface area contributed by atoms with Gasteiger partial charge >= 0.3 is 12.0 Å². The van der Waals surface area contributed by atoms with Crippen LogP contribution in [0.3, 0.4) is 0 Å². The maximum absolute atomic E-state index is 13.3. The van der Waals surface area contributed by atoms with Gasteiger partial charge in [-0.3, -0.25) is 9.69 Å². The number of urea groups is 1. The van der Waals surface area contributed by atoms with Crippen molar-refractivity contribution < 1.29 is 18.5 Å². The summed E-state index contributed by atoms with van der Waals surface area (Å²) in [6, 6.07) is 7.12. The van der Waals surface area contributed by atoms with Crippen molar-refractivity contribution in [2.75, 3.05) is 38.1 Å². The number of carbonyl (C=O) groups is 2. The van der Waals surface area contributed by atoms with Crippen molar-refractivity contribution in [3.05, 3.63) is 29.3 Å². The number of esters is 1. The third kappa shape index (κ3) is 9.88. The van der Waals surface area contributed by atoms with Crippen LogP contribution in [0.25, 0.3) is 0 Å². The van der Waals surface area contributed by atoms with Gasteiger partial charge in [-0.1, -0.05) is 6.07 Å². The van der Waals surface area contributed by atoms with Gasteiger partial charge in [-0.15, -0.1) is 12.4 Å². The molecule has 0 aromatic heterocycles. The monoisotopic (exact) mass is 595 g/mol. The number of benzene rings is 1. The molecular formula is C26H40Cl3N3O4S. The maximum Gasteiger partial charge on any atom is 0.324 e. The number of fused-ring (bicyclic) bond motifs is 1. The molecule has 1 aromatic carbocycles. The van der Waals surface area contributed by atoms with E-state index in [4.69, 9.17) is 8.95 Å². The summed E-state index contributed by atoms with van der Waals surface area (Å²) < 4.78 is 14.3. The maximum atomic E-state index is 13.3. The van der Waals surface area contributed by atoms with Gasteiger partial charge in [0, 0.05) is 65.7 Å². The first-order valence-corrected chi connectivity index (χ1v) is 15.8. The van der Waals surface area contributed by atoms with Gasteiger partial charge in [0.15, 0.2) is 0 Å². The van der Waals surface area contributed by atoms with Crippen LogP contribution in [0.4, 0.5) is 10.5 Å². The molecule has 2 amide bonds. The van der Waals surface area contributed by atoms with Crippen molar-refractivity contribution in [3.63, 3.8) is 0 Å². The average Bonchev–Trinajstić information content (AvgIpc) is 3.10. The van der Waals surface area contributed by atoms with Crippen molar-refractivity contribution >= 4 is 60.7 Å². The quantitative estimate of drug-likeness (QED) is 0.311. The zero-order valence-corrected chi connectivity index (χ0v) is 25.1. The van der Waals surface area contributed by atoms with Crippen LogP contribution < -0.4 is 4.90 Å². The molecule has 11 heteroatoms. The highest BCUT2D eigenvalue weighted by Gasteiger charge is 2.36. The second-order valence-corrected chi connectivity index (χ2v) is 12.8. The lowest BCUT2D eigenvalue weighted by molar-refractivity contribution is -0.147. The topological polar surface area (TPSA) is 70.2 Å². The van der Waals surface area contributed by atoms with Gasteiger partial charge in [-0.05, 0) is 95.0 Å². The van der Waals surface area contributed by atoms with E-state index < -0.39 is 9.23 Å². The van der Waals surface area contributed by atoms with E-state index in [1.165, 1.54) is 11.1 Å². The fraction of sp³-hybridized carbons (Fsp3) is 0.692. The average molecular weight is 597 g/mol. The predicted molar refractivity (Wildman–Crippen MR) is 154 cm³/mol. The Morgan fingerprint density at radius 2 is 1.68 bits per heavy atom. The minimum atomic E-state index is -1.67. The molecule has 1 saturated carbocycles. The summed E-state index contributed by atoms with van der Waals surface area (Å²) in [5, 5.41) is 0. The summed E-state index contributed by atoms with van der Waals surface area (Å²) in [6.45, 7) is 7.56. The molecule has 0 radical (unpaired) electrons. The summed E-state index contributed by atoms with van der Waals surface area (Å²) in [6.07, 6.45) is 7.79. The number of likely N-dealkylation sites (N-methyl/N-ethyl adjacent to an activating group) is 1. The third-order valence-electron chi connectivity index (χ3n) is 7.45. The van der Waals surface area contributed by atoms with Gasteiger partial charge in [0.05, 0.1) is 6.10 Å². The molecular weight excluding hydrogens is 557 g/mol. The van der Waals surface area contributed by atoms with Gasteiger partial charge in [0.25, 0.3) is 0 Å². The minimum Gasteiger partial charge on any atom is -0.463 e. The fourth-order valence-electron chi connectivity index (χ4n) is 5.51. The zero-order valence-electron chi connectivity index (χ0n) is 22.0. The lowest BCUT2D eigenvalue weighted by atomic mass is 9.83. The molecule has 4 rings (SSSR count). The van der Waals surface area contributed by atoms with Crippen LogP contribution in [0.2, 0.25) is 0 Å². The predicted octanol–water partition coefficient (Wildman–Crippen LogP) is 5.71. The van der Waals surface area contributed by atoms with E-state index in [0.717, 1.165) is 76.8 Å². The summed E-state index contributed by atoms with van der Waals surface area (Å²) in [5.41, 5.74) is 3.88. The van der Waals surface area contributed by atoms with Crippen LogP contribution in [0.5, 0.6) is 0 Å². The Morgan fingerprint density at radius 1 is 1.05 bits per heavy atom. The second-order valence-electron chi connectivity index (χ2n) is 10.3. The van der Waals surface area contributed by atoms with E-state index in [1.807, 2.05) is 18.7 Å². The molecule has 37 heavy (non-hydrogen) atoms. The van der Waals surface area contributed by atoms with E-state index in [0.29, 0.717) is 18.4 Å². The fourth-order valence-corrected chi connectivity index (χ4v) is 5.51. The molecule has 3 aliphatic rings. The molecule has 2 aliphatic heterocycles. The Balaban J connectivity index is 0.000000898. The number of amides is 2. The van der Waals surface area contributed by atoms with Crippen molar-refractivity contribution in [2.24, 2.45) is 5.92 Å². The molecule has 1 saturated heterocycles. The molecule has 1 aromatic rings. The van der Waals surface area contributed by atoms with Gasteiger partial charge in [-0.2, -0.15) is 0 Å². The summed E-state index contributed by atoms with van der Waals surface area (Å²) in [5.74, 6) is 0.488. The normalized spacial score (nSPS) is 22.2. The third-order valence-corrected chi connectivity index (χ3v) is 7.45. The van der Waals surface area contributed by atoms with Gasteiger partial charge in [0.1, 0.15) is 0 Å². The standard InChI is InChI=1S/C26H39N3O3.Cl2OS.ClH/c1-19(2)32-25(30)11-6-20-4-8-23(9-5-20)28-16-17-29(26(28)31)24-10-7-21-12-14-27(3)15-13-22(21)18-24;1-4(2)3;/h7,10,18-20,23H,4-6,8-9,11-17H2,1-3H3;;1H. The Hall–Kier alpha value is -1.06. The molecule has 0 N–H and O–H groups in total. The number of nitrogens with zero attached hydrogens (tertiary/aromatic N) is 3. The number of hydrogen-bond acceptors (Lipinski definition) is 5. The highest BCUT2D eigenvalue weighted by Crippen LogP contribution is 2.33. The zero-order chi connectivity index (χ0) is 26.2. The van der Waals surface area contributed by atoms with Crippen molar-refractivity contribution in [1.82, 2.24) is 9.80 Å². The van der Waals surface area contributed by atoms with Crippen molar-refractivity contribution in [3.8, 4) is 0 Å². The molecule has 0 atom stereocenters. The summed E-state index contributed by atoms with van der Waals surface area (Å²) >= 11 is 0. The van der Waals surface area contributed by atoms with E-state index in [9.17, 15) is 9.59 Å². The van der Waals surface area contributed by atoms with Gasteiger partial charge < -0.3 is 14.5 Å². The lowest BCUT2D eigenvalue weighted by Gasteiger charge is -2.34. The first-order valence-electron chi connectivity index (χ1n) is 13.0. The second kappa shape index (κ2) is 15.5. The molecule has 210 valence electrons. The van der Waals surface area contributed by atoms with Gasteiger partial charge in [-0.25, -0.2) is 9.00 Å². The molecule has 1 aliphatic carbocycles. The summed E-state index contributed by atoms with van der Waals surface area (Å²) in [4.78, 5) is 31.6. The number of anilines is 1. The minimum absolute atomic E-state index is 0. The first-order chi connectivity index (χ1) is 17.1. The Bertz CT molecular complexity index is 924. The SMILES string of the molecule is CC(C)OC(=O)CCC1CCC(N2CCN(c3ccc4c(c3)CCN(C)CC4)C2=O)CC1.Cl.O=S(Cl)Cl. The number of hydrogen-bond donors (Lipinski definition) is 0. The Kier molecular flexibility index (Phi) is 13.5. The molecule has 2 fully saturated rings. The van der Waals surface area contributed by atoms with Crippen LogP contribution in [-0.4, -0.2) is 71.4 Å². The molecule has 0 bridgehead atoms. The highest BCUT2D eigenvalue weighted by atomic mass is 36.0. The summed E-state index contributed by atoms with van der Waals surface area (Å²) in [7, 11) is 9.54. The van der Waals surface area contributed by atoms with Crippen LogP contribution in [0, 0.1) is 5.92 Å². The lowest BCUT2D eigenvalue weighted by Crippen LogP contribution is -2.41.